The van der Waals surface area contributed by atoms with Crippen LogP contribution >= 0.6 is 0 Å². The van der Waals surface area contributed by atoms with E-state index in [0.29, 0.717) is 6.61 Å². The summed E-state index contributed by atoms with van der Waals surface area (Å²) < 4.78 is 7.20. The standard InChI is InChI=1S/C15H20N2O2/c1-5-19-15(18)11(4)14-16-12-8-6-7-9-13(12)17(14)10(2)3/h6-11H,5H2,1-4H3. The third-order valence-corrected chi connectivity index (χ3v) is 3.17. The highest BCUT2D eigenvalue weighted by atomic mass is 16.5. The van der Waals surface area contributed by atoms with Crippen molar-refractivity contribution in [2.75, 3.05) is 6.61 Å². The lowest BCUT2D eigenvalue weighted by molar-refractivity contribution is -0.144. The number of carbonyl (C=O) groups excluding carboxylic acids is 1. The third-order valence-electron chi connectivity index (χ3n) is 3.17. The van der Waals surface area contributed by atoms with Gasteiger partial charge in [-0.15, -0.1) is 0 Å². The molecule has 0 N–H and O–H groups in total. The van der Waals surface area contributed by atoms with Crippen molar-refractivity contribution in [2.45, 2.75) is 39.7 Å². The molecule has 2 rings (SSSR count). The van der Waals surface area contributed by atoms with Gasteiger partial charge in [0.25, 0.3) is 0 Å². The summed E-state index contributed by atoms with van der Waals surface area (Å²) in [7, 11) is 0. The zero-order valence-electron chi connectivity index (χ0n) is 11.9. The summed E-state index contributed by atoms with van der Waals surface area (Å²) in [4.78, 5) is 16.5. The molecule has 19 heavy (non-hydrogen) atoms. The van der Waals surface area contributed by atoms with Gasteiger partial charge >= 0.3 is 5.97 Å². The summed E-state index contributed by atoms with van der Waals surface area (Å²) >= 11 is 0. The number of esters is 1. The van der Waals surface area contributed by atoms with Crippen molar-refractivity contribution in [3.05, 3.63) is 30.1 Å². The van der Waals surface area contributed by atoms with E-state index in [1.54, 1.807) is 0 Å². The first kappa shape index (κ1) is 13.6. The summed E-state index contributed by atoms with van der Waals surface area (Å²) in [6, 6.07) is 8.19. The van der Waals surface area contributed by atoms with Crippen molar-refractivity contribution < 1.29 is 9.53 Å². The van der Waals surface area contributed by atoms with Crippen LogP contribution < -0.4 is 0 Å². The van der Waals surface area contributed by atoms with Gasteiger partial charge in [-0.25, -0.2) is 4.98 Å². The van der Waals surface area contributed by atoms with Crippen LogP contribution in [0.2, 0.25) is 0 Å². The Hall–Kier alpha value is -1.84. The lowest BCUT2D eigenvalue weighted by atomic mass is 10.1. The normalized spacial score (nSPS) is 12.9. The number of imidazole rings is 1. The molecule has 0 fully saturated rings. The van der Waals surface area contributed by atoms with Crippen LogP contribution in [0, 0.1) is 0 Å². The summed E-state index contributed by atoms with van der Waals surface area (Å²) in [5.41, 5.74) is 1.98. The van der Waals surface area contributed by atoms with E-state index in [1.807, 2.05) is 38.1 Å². The summed E-state index contributed by atoms with van der Waals surface area (Å²) in [6.45, 7) is 8.24. The average molecular weight is 260 g/mol. The lowest BCUT2D eigenvalue weighted by Crippen LogP contribution is -2.18. The lowest BCUT2D eigenvalue weighted by Gasteiger charge is -2.16. The van der Waals surface area contributed by atoms with Gasteiger partial charge in [-0.05, 0) is 39.8 Å². The molecule has 1 unspecified atom stereocenters. The van der Waals surface area contributed by atoms with Crippen LogP contribution in [0.3, 0.4) is 0 Å². The van der Waals surface area contributed by atoms with Crippen LogP contribution in [0.4, 0.5) is 0 Å². The highest BCUT2D eigenvalue weighted by molar-refractivity contribution is 5.81. The maximum atomic E-state index is 11.9. The molecule has 4 heteroatoms. The number of rotatable bonds is 4. The quantitative estimate of drug-likeness (QED) is 0.792. The molecule has 102 valence electrons. The van der Waals surface area contributed by atoms with Crippen LogP contribution in [0.5, 0.6) is 0 Å². The smallest absolute Gasteiger partial charge is 0.316 e. The topological polar surface area (TPSA) is 44.1 Å². The van der Waals surface area contributed by atoms with Gasteiger partial charge < -0.3 is 9.30 Å². The fourth-order valence-corrected chi connectivity index (χ4v) is 2.28. The number of hydrogen-bond acceptors (Lipinski definition) is 3. The van der Waals surface area contributed by atoms with Crippen molar-refractivity contribution in [1.29, 1.82) is 0 Å². The predicted molar refractivity (Wildman–Crippen MR) is 75.2 cm³/mol. The van der Waals surface area contributed by atoms with Crippen LogP contribution in [0.25, 0.3) is 11.0 Å². The van der Waals surface area contributed by atoms with Gasteiger partial charge in [-0.1, -0.05) is 12.1 Å². The maximum absolute atomic E-state index is 11.9. The fourth-order valence-electron chi connectivity index (χ4n) is 2.28. The molecule has 1 aromatic heterocycles. The Labute approximate surface area is 113 Å². The molecule has 0 aliphatic rings. The van der Waals surface area contributed by atoms with E-state index in [9.17, 15) is 4.79 Å². The molecule has 0 spiro atoms. The van der Waals surface area contributed by atoms with Crippen molar-refractivity contribution >= 4 is 17.0 Å². The van der Waals surface area contributed by atoms with Crippen LogP contribution in [-0.4, -0.2) is 22.1 Å². The zero-order valence-corrected chi connectivity index (χ0v) is 11.9. The number of benzene rings is 1. The highest BCUT2D eigenvalue weighted by Gasteiger charge is 2.24. The number of carbonyl (C=O) groups is 1. The molecule has 0 saturated heterocycles. The van der Waals surface area contributed by atoms with Gasteiger partial charge in [0.15, 0.2) is 0 Å². The highest BCUT2D eigenvalue weighted by Crippen LogP contribution is 2.26. The van der Waals surface area contributed by atoms with Crippen LogP contribution in [0.15, 0.2) is 24.3 Å². The molecule has 0 radical (unpaired) electrons. The molecule has 1 heterocycles. The second kappa shape index (κ2) is 5.43. The van der Waals surface area contributed by atoms with Crippen molar-refractivity contribution in [3.63, 3.8) is 0 Å². The van der Waals surface area contributed by atoms with Crippen LogP contribution in [0.1, 0.15) is 45.5 Å². The monoisotopic (exact) mass is 260 g/mol. The second-order valence-corrected chi connectivity index (χ2v) is 4.90. The largest absolute Gasteiger partial charge is 0.465 e. The molecule has 0 bridgehead atoms. The number of para-hydroxylation sites is 2. The Morgan fingerprint density at radius 1 is 1.32 bits per heavy atom. The molecule has 2 aromatic rings. The fraction of sp³-hybridized carbons (Fsp3) is 0.467. The minimum absolute atomic E-state index is 0.222. The van der Waals surface area contributed by atoms with Crippen molar-refractivity contribution in [1.82, 2.24) is 9.55 Å². The Morgan fingerprint density at radius 3 is 2.63 bits per heavy atom. The van der Waals surface area contributed by atoms with E-state index in [4.69, 9.17) is 4.74 Å². The maximum Gasteiger partial charge on any atom is 0.316 e. The minimum atomic E-state index is -0.352. The Kier molecular flexibility index (Phi) is 3.88. The van der Waals surface area contributed by atoms with E-state index in [-0.39, 0.29) is 17.9 Å². The molecule has 1 aromatic carbocycles. The first-order valence-electron chi connectivity index (χ1n) is 6.69. The zero-order chi connectivity index (χ0) is 14.0. The Balaban J connectivity index is 2.53. The van der Waals surface area contributed by atoms with E-state index in [0.717, 1.165) is 16.9 Å². The third kappa shape index (κ3) is 2.48. The first-order valence-corrected chi connectivity index (χ1v) is 6.69. The Bertz CT molecular complexity index is 587. The molecule has 0 amide bonds. The van der Waals surface area contributed by atoms with E-state index in [1.165, 1.54) is 0 Å². The minimum Gasteiger partial charge on any atom is -0.465 e. The van der Waals surface area contributed by atoms with E-state index >= 15 is 0 Å². The number of hydrogen-bond donors (Lipinski definition) is 0. The average Bonchev–Trinajstić information content (AvgIpc) is 2.77. The van der Waals surface area contributed by atoms with E-state index < -0.39 is 0 Å². The molecule has 4 nitrogen and oxygen atoms in total. The summed E-state index contributed by atoms with van der Waals surface area (Å²) in [5, 5.41) is 0. The van der Waals surface area contributed by atoms with Gasteiger partial charge in [0.05, 0.1) is 17.6 Å². The second-order valence-electron chi connectivity index (χ2n) is 4.90. The first-order chi connectivity index (χ1) is 9.06. The van der Waals surface area contributed by atoms with Gasteiger partial charge in [-0.3, -0.25) is 4.79 Å². The Morgan fingerprint density at radius 2 is 2.00 bits per heavy atom. The van der Waals surface area contributed by atoms with Gasteiger partial charge in [-0.2, -0.15) is 0 Å². The van der Waals surface area contributed by atoms with Gasteiger partial charge in [0.1, 0.15) is 11.7 Å². The van der Waals surface area contributed by atoms with E-state index in [2.05, 4.69) is 23.4 Å². The van der Waals surface area contributed by atoms with Gasteiger partial charge in [0, 0.05) is 6.04 Å². The molecule has 0 saturated carbocycles. The summed E-state index contributed by atoms with van der Waals surface area (Å²) in [5.74, 6) is 0.198. The van der Waals surface area contributed by atoms with Crippen LogP contribution in [-0.2, 0) is 9.53 Å². The van der Waals surface area contributed by atoms with Crippen molar-refractivity contribution in [3.8, 4) is 0 Å². The number of nitrogens with zero attached hydrogens (tertiary/aromatic N) is 2. The number of aromatic nitrogens is 2. The SMILES string of the molecule is CCOC(=O)C(C)c1nc2ccccc2n1C(C)C. The molecule has 1 atom stereocenters. The van der Waals surface area contributed by atoms with Crippen molar-refractivity contribution in [2.24, 2.45) is 0 Å². The number of fused-ring (bicyclic) bond motifs is 1. The molecule has 0 aliphatic carbocycles. The number of ether oxygens (including phenoxy) is 1. The molecule has 0 aliphatic heterocycles. The predicted octanol–water partition coefficient (Wildman–Crippen LogP) is 3.28. The molecular weight excluding hydrogens is 240 g/mol. The molecular formula is C15H20N2O2. The van der Waals surface area contributed by atoms with Gasteiger partial charge in [0.2, 0.25) is 0 Å². The summed E-state index contributed by atoms with van der Waals surface area (Å²) in [6.07, 6.45) is 0.